The molecule has 3 nitrogen and oxygen atoms in total. The summed E-state index contributed by atoms with van der Waals surface area (Å²) in [6, 6.07) is 0. The van der Waals surface area contributed by atoms with E-state index in [-0.39, 0.29) is 17.1 Å². The first-order chi connectivity index (χ1) is 1.73. The van der Waals surface area contributed by atoms with Gasteiger partial charge in [0.15, 0.2) is 0 Å². The topological polar surface area (TPSA) is 57.5 Å². The summed E-state index contributed by atoms with van der Waals surface area (Å²) in [5.41, 5.74) is 0. The van der Waals surface area contributed by atoms with Crippen molar-refractivity contribution in [2.24, 2.45) is 0 Å². The quantitative estimate of drug-likeness (QED) is 0.446. The Morgan fingerprint density at radius 1 is 1.40 bits per heavy atom. The van der Waals surface area contributed by atoms with E-state index in [2.05, 4.69) is 0 Å². The number of carboxylic acid groups (broad SMARTS) is 2. The number of carbonyl (C=O) groups is 1. The monoisotopic (exact) mass is 117 g/mol. The summed E-state index contributed by atoms with van der Waals surface area (Å²) in [4.78, 5) is 8.56. The molecule has 0 heterocycles. The fourth-order valence-corrected chi connectivity index (χ4v) is 0. The molecule has 0 aliphatic carbocycles. The SMILES string of the molecule is O=C(O)O.[Mn+2]. The van der Waals surface area contributed by atoms with Gasteiger partial charge in [-0.2, -0.15) is 0 Å². The third kappa shape index (κ3) is 274. The molecule has 0 atom stereocenters. The molecular weight excluding hydrogens is 115 g/mol. The molecule has 0 saturated carbocycles. The van der Waals surface area contributed by atoms with Gasteiger partial charge in [-0.05, 0) is 0 Å². The summed E-state index contributed by atoms with van der Waals surface area (Å²) < 4.78 is 0. The van der Waals surface area contributed by atoms with Crippen molar-refractivity contribution in [2.75, 3.05) is 0 Å². The number of rotatable bonds is 0. The van der Waals surface area contributed by atoms with Gasteiger partial charge in [-0.3, -0.25) is 0 Å². The van der Waals surface area contributed by atoms with Crippen LogP contribution in [0.3, 0.4) is 0 Å². The van der Waals surface area contributed by atoms with Crippen molar-refractivity contribution in [3.8, 4) is 0 Å². The van der Waals surface area contributed by atoms with Crippen molar-refractivity contribution < 1.29 is 32.1 Å². The van der Waals surface area contributed by atoms with Crippen molar-refractivity contribution in [2.45, 2.75) is 0 Å². The molecule has 0 aliphatic heterocycles. The normalized spacial score (nSPS) is 4.80. The van der Waals surface area contributed by atoms with Gasteiger partial charge in [0.25, 0.3) is 0 Å². The number of hydrogen-bond donors (Lipinski definition) is 2. The Bertz CT molecular complexity index is 29.9. The smallest absolute Gasteiger partial charge is 0.450 e. The van der Waals surface area contributed by atoms with Crippen LogP contribution in [0.1, 0.15) is 0 Å². The van der Waals surface area contributed by atoms with Gasteiger partial charge < -0.3 is 10.2 Å². The van der Waals surface area contributed by atoms with Gasteiger partial charge in [0.05, 0.1) is 0 Å². The second-order valence-electron chi connectivity index (χ2n) is 0.283. The Balaban J connectivity index is 0. The van der Waals surface area contributed by atoms with Crippen molar-refractivity contribution >= 4 is 6.16 Å². The third-order valence-corrected chi connectivity index (χ3v) is 0. The maximum absolute atomic E-state index is 8.56. The predicted molar refractivity (Wildman–Crippen MR) is 10.7 cm³/mol. The molecule has 0 aromatic rings. The molecule has 0 unspecified atom stereocenters. The van der Waals surface area contributed by atoms with Gasteiger partial charge in [-0.1, -0.05) is 0 Å². The summed E-state index contributed by atoms with van der Waals surface area (Å²) in [5, 5.41) is 13.9. The van der Waals surface area contributed by atoms with E-state index in [4.69, 9.17) is 15.0 Å². The van der Waals surface area contributed by atoms with Crippen molar-refractivity contribution in [3.63, 3.8) is 0 Å². The second-order valence-corrected chi connectivity index (χ2v) is 0.283. The molecule has 2 N–H and O–H groups in total. The standard InChI is InChI=1S/CH2O3.Mn/c2-1(3)4;/h(H2,2,3,4);/q;+2. The van der Waals surface area contributed by atoms with E-state index in [0.717, 1.165) is 0 Å². The first-order valence-electron chi connectivity index (χ1n) is 0.651. The van der Waals surface area contributed by atoms with Crippen LogP contribution in [-0.2, 0) is 17.1 Å². The van der Waals surface area contributed by atoms with Gasteiger partial charge >= 0.3 is 23.2 Å². The molecule has 0 aliphatic rings. The molecule has 0 fully saturated rings. The molecule has 0 amide bonds. The molecule has 5 heavy (non-hydrogen) atoms. The first-order valence-corrected chi connectivity index (χ1v) is 0.651. The van der Waals surface area contributed by atoms with Crippen molar-refractivity contribution in [3.05, 3.63) is 0 Å². The molecule has 0 saturated heterocycles. The van der Waals surface area contributed by atoms with E-state index in [9.17, 15) is 0 Å². The van der Waals surface area contributed by atoms with E-state index < -0.39 is 6.16 Å². The molecule has 29 valence electrons. The zero-order valence-corrected chi connectivity index (χ0v) is 3.36. The molecule has 0 aromatic carbocycles. The van der Waals surface area contributed by atoms with Gasteiger partial charge in [-0.25, -0.2) is 4.79 Å². The van der Waals surface area contributed by atoms with Crippen LogP contribution in [0.4, 0.5) is 4.79 Å². The van der Waals surface area contributed by atoms with Crippen molar-refractivity contribution in [1.29, 1.82) is 0 Å². The van der Waals surface area contributed by atoms with Crippen molar-refractivity contribution in [1.82, 2.24) is 0 Å². The van der Waals surface area contributed by atoms with E-state index in [1.807, 2.05) is 0 Å². The van der Waals surface area contributed by atoms with E-state index in [0.29, 0.717) is 0 Å². The summed E-state index contributed by atoms with van der Waals surface area (Å²) in [6.07, 6.45) is -1.83. The summed E-state index contributed by atoms with van der Waals surface area (Å²) >= 11 is 0. The molecular formula is CH2MnO3+2. The fraction of sp³-hybridized carbons (Fsp3) is 0. The van der Waals surface area contributed by atoms with Crippen LogP contribution in [-0.4, -0.2) is 16.4 Å². The maximum Gasteiger partial charge on any atom is 2.00 e. The minimum absolute atomic E-state index is 0. The average Bonchev–Trinajstić information content (AvgIpc) is 0.811. The van der Waals surface area contributed by atoms with Crippen LogP contribution in [0, 0.1) is 0 Å². The second kappa shape index (κ2) is 3.79. The van der Waals surface area contributed by atoms with Gasteiger partial charge in [0, 0.05) is 0 Å². The van der Waals surface area contributed by atoms with Gasteiger partial charge in [0.1, 0.15) is 0 Å². The summed E-state index contributed by atoms with van der Waals surface area (Å²) in [7, 11) is 0. The zero-order valence-electron chi connectivity index (χ0n) is 2.18. The molecule has 0 rings (SSSR count). The molecule has 0 bridgehead atoms. The minimum atomic E-state index is -1.83. The van der Waals surface area contributed by atoms with E-state index in [1.54, 1.807) is 0 Å². The molecule has 4 heteroatoms. The summed E-state index contributed by atoms with van der Waals surface area (Å²) in [6.45, 7) is 0. The van der Waals surface area contributed by atoms with Crippen LogP contribution < -0.4 is 0 Å². The van der Waals surface area contributed by atoms with Crippen LogP contribution in [0.25, 0.3) is 0 Å². The van der Waals surface area contributed by atoms with E-state index in [1.165, 1.54) is 0 Å². The Kier molecular flexibility index (Phi) is 6.70. The maximum atomic E-state index is 8.56. The molecule has 0 aromatic heterocycles. The van der Waals surface area contributed by atoms with Gasteiger partial charge in [-0.15, -0.1) is 0 Å². The predicted octanol–water partition coefficient (Wildman–Crippen LogP) is 0.220. The van der Waals surface area contributed by atoms with Crippen LogP contribution >= 0.6 is 0 Å². The average molecular weight is 117 g/mol. The number of hydrogen-bond acceptors (Lipinski definition) is 1. The Morgan fingerprint density at radius 3 is 1.40 bits per heavy atom. The fourth-order valence-electron chi connectivity index (χ4n) is 0. The summed E-state index contributed by atoms with van der Waals surface area (Å²) in [5.74, 6) is 0. The largest absolute Gasteiger partial charge is 2.00 e. The Hall–Kier alpha value is -0.211. The van der Waals surface area contributed by atoms with Crippen LogP contribution in [0.2, 0.25) is 0 Å². The van der Waals surface area contributed by atoms with E-state index >= 15 is 0 Å². The zero-order chi connectivity index (χ0) is 3.58. The third-order valence-electron chi connectivity index (χ3n) is 0. The van der Waals surface area contributed by atoms with Gasteiger partial charge in [0.2, 0.25) is 0 Å². The Labute approximate surface area is 39.1 Å². The molecule has 1 radical (unpaired) electrons. The minimum Gasteiger partial charge on any atom is -0.450 e. The van der Waals surface area contributed by atoms with Crippen LogP contribution in [0.15, 0.2) is 0 Å². The first kappa shape index (κ1) is 8.84. The molecule has 0 spiro atoms. The Morgan fingerprint density at radius 2 is 1.40 bits per heavy atom. The van der Waals surface area contributed by atoms with Crippen LogP contribution in [0.5, 0.6) is 0 Å².